The Morgan fingerprint density at radius 1 is 0.586 bits per heavy atom. The first kappa shape index (κ1) is 17.1. The van der Waals surface area contributed by atoms with Crippen LogP contribution in [0.1, 0.15) is 28.5 Å². The molecule has 0 saturated carbocycles. The number of fused-ring (bicyclic) bond motifs is 6. The van der Waals surface area contributed by atoms with E-state index in [4.69, 9.17) is 6.57 Å². The highest BCUT2D eigenvalue weighted by Crippen LogP contribution is 2.32. The van der Waals surface area contributed by atoms with Crippen LogP contribution >= 0.6 is 0 Å². The predicted molar refractivity (Wildman–Crippen MR) is 95.6 cm³/mol. The third-order valence-electron chi connectivity index (χ3n) is 4.05. The highest BCUT2D eigenvalue weighted by atomic mass is 15.0. The summed E-state index contributed by atoms with van der Waals surface area (Å²) in [5.41, 5.74) is 0.345. The summed E-state index contributed by atoms with van der Waals surface area (Å²) < 4.78 is 0. The normalized spacial score (nSPS) is 10.1. The van der Waals surface area contributed by atoms with Crippen molar-refractivity contribution >= 4 is 38.9 Å². The molecule has 11 heteroatoms. The molecule has 0 aliphatic rings. The summed E-state index contributed by atoms with van der Waals surface area (Å²) in [6, 6.07) is 7.32. The van der Waals surface area contributed by atoms with E-state index < -0.39 is 0 Å². The van der Waals surface area contributed by atoms with Crippen LogP contribution in [0.4, 0.5) is 5.82 Å². The minimum atomic E-state index is -0.247. The van der Waals surface area contributed by atoms with Gasteiger partial charge in [-0.1, -0.05) is 6.57 Å². The number of aromatic nitrogens is 6. The molecule has 1 aromatic carbocycles. The van der Waals surface area contributed by atoms with Crippen LogP contribution < -0.4 is 0 Å². The molecule has 0 amide bonds. The second-order valence-electron chi connectivity index (χ2n) is 5.62. The standard InChI is InChI=1S/C18H3N11/c1-7-8(3-19)25-14-12(24-7)13-15(27-10(5-21)9(4-20)26-13)16-17(14)29-18(23-2)11(6-22)28-16/h1H3. The van der Waals surface area contributed by atoms with Gasteiger partial charge in [-0.15, -0.1) is 4.98 Å². The number of nitrogens with zero attached hydrogens (tertiary/aromatic N) is 11. The van der Waals surface area contributed by atoms with Gasteiger partial charge in [-0.2, -0.15) is 21.0 Å². The van der Waals surface area contributed by atoms with Gasteiger partial charge in [0.1, 0.15) is 51.9 Å². The van der Waals surface area contributed by atoms with Gasteiger partial charge >= 0.3 is 5.82 Å². The molecular formula is C18H3N11. The number of hydrogen-bond acceptors (Lipinski definition) is 10. The van der Waals surface area contributed by atoms with Crippen LogP contribution in [0, 0.1) is 58.8 Å². The Balaban J connectivity index is 2.41. The number of nitriles is 4. The second-order valence-corrected chi connectivity index (χ2v) is 5.62. The minimum Gasteiger partial charge on any atom is -0.358 e. The first-order valence-corrected chi connectivity index (χ1v) is 7.77. The zero-order valence-electron chi connectivity index (χ0n) is 14.4. The Morgan fingerprint density at radius 2 is 0.966 bits per heavy atom. The topological polar surface area (TPSA) is 177 Å². The van der Waals surface area contributed by atoms with Crippen LogP contribution in [0.5, 0.6) is 0 Å². The van der Waals surface area contributed by atoms with E-state index in [1.165, 1.54) is 0 Å². The third kappa shape index (κ3) is 2.32. The highest BCUT2D eigenvalue weighted by Gasteiger charge is 2.23. The lowest BCUT2D eigenvalue weighted by molar-refractivity contribution is 1.14. The van der Waals surface area contributed by atoms with E-state index in [-0.39, 0.29) is 61.7 Å². The first-order chi connectivity index (χ1) is 14.1. The maximum atomic E-state index is 9.31. The molecule has 130 valence electrons. The van der Waals surface area contributed by atoms with Gasteiger partial charge in [-0.05, 0) is 6.92 Å². The smallest absolute Gasteiger partial charge is 0.307 e. The molecule has 3 heterocycles. The van der Waals surface area contributed by atoms with E-state index in [9.17, 15) is 21.0 Å². The van der Waals surface area contributed by atoms with Gasteiger partial charge in [0.2, 0.25) is 5.52 Å². The van der Waals surface area contributed by atoms with Crippen LogP contribution in [0.15, 0.2) is 0 Å². The third-order valence-corrected chi connectivity index (χ3v) is 4.05. The summed E-state index contributed by atoms with van der Waals surface area (Å²) >= 11 is 0. The second kappa shape index (κ2) is 6.14. The molecular weight excluding hydrogens is 370 g/mol. The molecule has 0 aliphatic heterocycles. The molecule has 0 saturated heterocycles. The lowest BCUT2D eigenvalue weighted by Crippen LogP contribution is -2.03. The van der Waals surface area contributed by atoms with Crippen LogP contribution in [0.3, 0.4) is 0 Å². The molecule has 29 heavy (non-hydrogen) atoms. The number of rotatable bonds is 0. The fraction of sp³-hybridized carbons (Fsp3) is 0.0556. The van der Waals surface area contributed by atoms with Gasteiger partial charge in [0.05, 0.1) is 5.69 Å². The van der Waals surface area contributed by atoms with Crippen LogP contribution in [-0.2, 0) is 0 Å². The summed E-state index contributed by atoms with van der Waals surface area (Å²) in [4.78, 5) is 28.6. The van der Waals surface area contributed by atoms with Crippen molar-refractivity contribution in [1.29, 1.82) is 21.0 Å². The summed E-state index contributed by atoms with van der Waals surface area (Å²) in [6.07, 6.45) is 0. The van der Waals surface area contributed by atoms with E-state index in [0.29, 0.717) is 5.69 Å². The fourth-order valence-corrected chi connectivity index (χ4v) is 2.79. The molecule has 0 radical (unpaired) electrons. The molecule has 0 bridgehead atoms. The monoisotopic (exact) mass is 373 g/mol. The summed E-state index contributed by atoms with van der Waals surface area (Å²) in [7, 11) is 0. The molecule has 0 fully saturated rings. The maximum absolute atomic E-state index is 9.31. The van der Waals surface area contributed by atoms with Gasteiger partial charge in [0.15, 0.2) is 22.8 Å². The maximum Gasteiger partial charge on any atom is 0.307 e. The van der Waals surface area contributed by atoms with Crippen molar-refractivity contribution in [3.63, 3.8) is 0 Å². The summed E-state index contributed by atoms with van der Waals surface area (Å²) in [5.74, 6) is -0.247. The zero-order chi connectivity index (χ0) is 20.7. The Labute approximate surface area is 161 Å². The van der Waals surface area contributed by atoms with E-state index in [1.54, 1.807) is 25.1 Å². The van der Waals surface area contributed by atoms with E-state index in [2.05, 4.69) is 34.7 Å². The average molecular weight is 373 g/mol. The van der Waals surface area contributed by atoms with Crippen molar-refractivity contribution in [3.8, 4) is 24.3 Å². The fourth-order valence-electron chi connectivity index (χ4n) is 2.79. The van der Waals surface area contributed by atoms with Crippen LogP contribution in [0.2, 0.25) is 0 Å². The summed E-state index contributed by atoms with van der Waals surface area (Å²) in [5, 5.41) is 37.2. The van der Waals surface area contributed by atoms with Crippen molar-refractivity contribution in [2.24, 2.45) is 0 Å². The van der Waals surface area contributed by atoms with Gasteiger partial charge in [-0.3, -0.25) is 0 Å². The van der Waals surface area contributed by atoms with Crippen molar-refractivity contribution < 1.29 is 0 Å². The number of hydrogen-bond donors (Lipinski definition) is 0. The largest absolute Gasteiger partial charge is 0.358 e. The quantitative estimate of drug-likeness (QED) is 0.326. The molecule has 0 unspecified atom stereocenters. The van der Waals surface area contributed by atoms with Gasteiger partial charge in [0.25, 0.3) is 0 Å². The molecule has 3 aromatic heterocycles. The van der Waals surface area contributed by atoms with Crippen LogP contribution in [0.25, 0.3) is 37.9 Å². The van der Waals surface area contributed by atoms with Crippen molar-refractivity contribution in [2.45, 2.75) is 6.92 Å². The molecule has 4 rings (SSSR count). The predicted octanol–water partition coefficient (Wildman–Crippen LogP) is 1.86. The molecule has 0 spiro atoms. The Morgan fingerprint density at radius 3 is 1.41 bits per heavy atom. The number of aryl methyl sites for hydroxylation is 1. The van der Waals surface area contributed by atoms with Gasteiger partial charge in [0, 0.05) is 0 Å². The number of benzene rings is 1. The van der Waals surface area contributed by atoms with E-state index >= 15 is 0 Å². The average Bonchev–Trinajstić information content (AvgIpc) is 2.76. The van der Waals surface area contributed by atoms with Crippen LogP contribution in [-0.4, -0.2) is 29.9 Å². The Kier molecular flexibility index (Phi) is 3.63. The van der Waals surface area contributed by atoms with Gasteiger partial charge in [-0.25, -0.2) is 24.9 Å². The minimum absolute atomic E-state index is 0.0378. The molecule has 4 aromatic rings. The Hall–Kier alpha value is -5.31. The molecule has 0 aliphatic carbocycles. The first-order valence-electron chi connectivity index (χ1n) is 7.77. The van der Waals surface area contributed by atoms with Crippen molar-refractivity contribution in [2.75, 3.05) is 0 Å². The van der Waals surface area contributed by atoms with E-state index in [1.807, 2.05) is 6.07 Å². The van der Waals surface area contributed by atoms with Gasteiger partial charge < -0.3 is 4.85 Å². The lowest BCUT2D eigenvalue weighted by atomic mass is 10.1. The molecule has 0 N–H and O–H groups in total. The zero-order valence-corrected chi connectivity index (χ0v) is 14.4. The van der Waals surface area contributed by atoms with E-state index in [0.717, 1.165) is 0 Å². The molecule has 0 atom stereocenters. The van der Waals surface area contributed by atoms with Crippen molar-refractivity contribution in [3.05, 3.63) is 39.9 Å². The summed E-state index contributed by atoms with van der Waals surface area (Å²) in [6.45, 7) is 8.82. The molecule has 11 nitrogen and oxygen atoms in total. The van der Waals surface area contributed by atoms with Crippen molar-refractivity contribution in [1.82, 2.24) is 29.9 Å². The SMILES string of the molecule is [C-]#[N+]c1nc2c3nc(C#N)c(C)nc3c3nc(C#N)c(C#N)nc3c2nc1C#N. The Bertz CT molecular complexity index is 1570. The highest BCUT2D eigenvalue weighted by molar-refractivity contribution is 6.18. The lowest BCUT2D eigenvalue weighted by Gasteiger charge is -2.08.